The molecule has 0 aromatic rings. The fourth-order valence-electron chi connectivity index (χ4n) is 5.74. The van der Waals surface area contributed by atoms with E-state index in [2.05, 4.69) is 106 Å². The van der Waals surface area contributed by atoms with Crippen molar-refractivity contribution in [2.45, 2.75) is 200 Å². The third kappa shape index (κ3) is 41.7. The zero-order valence-corrected chi connectivity index (χ0v) is 36.1. The van der Waals surface area contributed by atoms with Gasteiger partial charge in [-0.25, -0.2) is 0 Å². The molecule has 0 amide bonds. The quantitative estimate of drug-likeness (QED) is 0.0268. The average Bonchev–Trinajstić information content (AvgIpc) is 3.19. The molecule has 0 saturated heterocycles. The summed E-state index contributed by atoms with van der Waals surface area (Å²) in [6.07, 6.45) is 56.0. The normalized spacial score (nSPS) is 12.8. The molecule has 0 N–H and O–H groups in total. The smallest absolute Gasteiger partial charge is 0.306 e. The molecule has 0 fully saturated rings. The van der Waals surface area contributed by atoms with Crippen LogP contribution in [0, 0.1) is 0 Å². The summed E-state index contributed by atoms with van der Waals surface area (Å²) in [4.78, 5) is 37.4. The summed E-state index contributed by atoms with van der Waals surface area (Å²) in [7, 11) is 0. The monoisotopic (exact) mass is 779 g/mol. The van der Waals surface area contributed by atoms with Crippen LogP contribution in [0.2, 0.25) is 0 Å². The van der Waals surface area contributed by atoms with Crippen LogP contribution in [0.3, 0.4) is 0 Å². The van der Waals surface area contributed by atoms with Crippen LogP contribution in [0.25, 0.3) is 0 Å². The first-order chi connectivity index (χ1) is 27.5. The fourth-order valence-corrected chi connectivity index (χ4v) is 5.74. The summed E-state index contributed by atoms with van der Waals surface area (Å²) in [5.41, 5.74) is 0. The first-order valence-electron chi connectivity index (χ1n) is 22.6. The Morgan fingerprint density at radius 1 is 0.375 bits per heavy atom. The lowest BCUT2D eigenvalue weighted by atomic mass is 10.1. The minimum atomic E-state index is -0.785. The van der Waals surface area contributed by atoms with Gasteiger partial charge in [0.2, 0.25) is 0 Å². The van der Waals surface area contributed by atoms with E-state index in [1.165, 1.54) is 19.3 Å². The number of carbonyl (C=O) groups is 3. The Balaban J connectivity index is 4.23. The first-order valence-corrected chi connectivity index (χ1v) is 22.6. The minimum absolute atomic E-state index is 0.0903. The molecule has 56 heavy (non-hydrogen) atoms. The largest absolute Gasteiger partial charge is 0.462 e. The van der Waals surface area contributed by atoms with Crippen LogP contribution in [0.15, 0.2) is 85.1 Å². The molecule has 0 aromatic heterocycles. The molecule has 6 heteroatoms. The maximum atomic E-state index is 12.6. The molecule has 0 radical (unpaired) electrons. The number of allylic oxidation sites excluding steroid dienone is 14. The standard InChI is InChI=1S/C50H82O6/c1-4-7-10-13-15-17-19-20-21-22-23-24-25-26-27-28-29-30-31-33-34-37-40-43-49(52)55-46-47(45-54-48(51)42-39-36-12-9-6-3)56-50(53)44-41-38-35-32-18-16-14-11-8-5-2/h7,10-11,14-15,17,20-21,23-24,26-27,29-30,47H,4-6,8-9,12-13,16,18-19,22,25,28,31-46H2,1-3H3/b10-7-,14-11-,17-15-,21-20-,24-23-,27-26-,30-29-. The highest BCUT2D eigenvalue weighted by Crippen LogP contribution is 2.12. The summed E-state index contributed by atoms with van der Waals surface area (Å²) in [6, 6.07) is 0. The molecular weight excluding hydrogens is 697 g/mol. The van der Waals surface area contributed by atoms with Gasteiger partial charge in [0.05, 0.1) is 0 Å². The molecular formula is C50H82O6. The molecule has 0 aromatic carbocycles. The van der Waals surface area contributed by atoms with Gasteiger partial charge in [0.25, 0.3) is 0 Å². The SMILES string of the molecule is CC/C=C\C/C=C\C/C=C\C/C=C\C/C=C\C/C=C\CCCCCCC(=O)OCC(COC(=O)CCCCCCC)OC(=O)CCCCCCC/C=C\CCC. The number of carbonyl (C=O) groups excluding carboxylic acids is 3. The Kier molecular flexibility index (Phi) is 41.6. The van der Waals surface area contributed by atoms with E-state index in [0.29, 0.717) is 19.3 Å². The second kappa shape index (κ2) is 44.3. The summed E-state index contributed by atoms with van der Waals surface area (Å²) in [5.74, 6) is -0.951. The number of hydrogen-bond acceptors (Lipinski definition) is 6. The van der Waals surface area contributed by atoms with E-state index in [-0.39, 0.29) is 31.1 Å². The summed E-state index contributed by atoms with van der Waals surface area (Å²) in [5, 5.41) is 0. The van der Waals surface area contributed by atoms with Crippen LogP contribution < -0.4 is 0 Å². The van der Waals surface area contributed by atoms with Gasteiger partial charge in [-0.05, 0) is 89.9 Å². The van der Waals surface area contributed by atoms with Crippen molar-refractivity contribution in [3.8, 4) is 0 Å². The van der Waals surface area contributed by atoms with Crippen molar-refractivity contribution in [3.05, 3.63) is 85.1 Å². The molecule has 0 rings (SSSR count). The van der Waals surface area contributed by atoms with E-state index in [4.69, 9.17) is 14.2 Å². The molecule has 0 aliphatic rings. The van der Waals surface area contributed by atoms with Crippen LogP contribution in [0.1, 0.15) is 194 Å². The lowest BCUT2D eigenvalue weighted by Crippen LogP contribution is -2.30. The van der Waals surface area contributed by atoms with E-state index >= 15 is 0 Å². The summed E-state index contributed by atoms with van der Waals surface area (Å²) >= 11 is 0. The predicted molar refractivity (Wildman–Crippen MR) is 237 cm³/mol. The molecule has 318 valence electrons. The molecule has 6 nitrogen and oxygen atoms in total. The van der Waals surface area contributed by atoms with Crippen LogP contribution in [-0.2, 0) is 28.6 Å². The van der Waals surface area contributed by atoms with Gasteiger partial charge < -0.3 is 14.2 Å². The Morgan fingerprint density at radius 2 is 0.732 bits per heavy atom. The lowest BCUT2D eigenvalue weighted by molar-refractivity contribution is -0.167. The highest BCUT2D eigenvalue weighted by atomic mass is 16.6. The van der Waals surface area contributed by atoms with Gasteiger partial charge in [0.1, 0.15) is 13.2 Å². The van der Waals surface area contributed by atoms with Crippen LogP contribution in [-0.4, -0.2) is 37.2 Å². The molecule has 0 aliphatic heterocycles. The van der Waals surface area contributed by atoms with Gasteiger partial charge in [-0.1, -0.05) is 170 Å². The highest BCUT2D eigenvalue weighted by molar-refractivity contribution is 5.71. The Hall–Kier alpha value is -3.41. The van der Waals surface area contributed by atoms with Gasteiger partial charge in [0.15, 0.2) is 6.10 Å². The zero-order valence-electron chi connectivity index (χ0n) is 36.1. The maximum absolute atomic E-state index is 12.6. The molecule has 1 atom stereocenters. The summed E-state index contributed by atoms with van der Waals surface area (Å²) < 4.78 is 16.5. The maximum Gasteiger partial charge on any atom is 0.306 e. The topological polar surface area (TPSA) is 78.9 Å². The number of esters is 3. The van der Waals surface area contributed by atoms with Crippen molar-refractivity contribution >= 4 is 17.9 Å². The lowest BCUT2D eigenvalue weighted by Gasteiger charge is -2.18. The molecule has 1 unspecified atom stereocenters. The van der Waals surface area contributed by atoms with E-state index in [1.54, 1.807) is 0 Å². The van der Waals surface area contributed by atoms with Crippen molar-refractivity contribution in [1.29, 1.82) is 0 Å². The van der Waals surface area contributed by atoms with Crippen LogP contribution in [0.5, 0.6) is 0 Å². The third-order valence-corrected chi connectivity index (χ3v) is 9.11. The molecule has 0 bridgehead atoms. The molecule has 0 heterocycles. The second-order valence-corrected chi connectivity index (χ2v) is 14.6. The molecule has 0 saturated carbocycles. The number of ether oxygens (including phenoxy) is 3. The second-order valence-electron chi connectivity index (χ2n) is 14.6. The minimum Gasteiger partial charge on any atom is -0.462 e. The van der Waals surface area contributed by atoms with Gasteiger partial charge in [-0.2, -0.15) is 0 Å². The Bertz CT molecular complexity index is 1120. The van der Waals surface area contributed by atoms with Crippen LogP contribution in [0.4, 0.5) is 0 Å². The van der Waals surface area contributed by atoms with Crippen molar-refractivity contribution in [2.75, 3.05) is 13.2 Å². The van der Waals surface area contributed by atoms with E-state index in [0.717, 1.165) is 135 Å². The first kappa shape index (κ1) is 52.6. The molecule has 0 aliphatic carbocycles. The fraction of sp³-hybridized carbons (Fsp3) is 0.660. The zero-order chi connectivity index (χ0) is 40.8. The average molecular weight is 779 g/mol. The van der Waals surface area contributed by atoms with Gasteiger partial charge >= 0.3 is 17.9 Å². The van der Waals surface area contributed by atoms with Crippen molar-refractivity contribution in [1.82, 2.24) is 0 Å². The number of rotatable bonds is 39. The van der Waals surface area contributed by atoms with E-state index in [1.807, 2.05) is 0 Å². The number of unbranched alkanes of at least 4 members (excludes halogenated alkanes) is 14. The number of hydrogen-bond donors (Lipinski definition) is 0. The van der Waals surface area contributed by atoms with Gasteiger partial charge in [-0.3, -0.25) is 14.4 Å². The van der Waals surface area contributed by atoms with Crippen LogP contribution >= 0.6 is 0 Å². The summed E-state index contributed by atoms with van der Waals surface area (Å²) in [6.45, 7) is 6.32. The van der Waals surface area contributed by atoms with Crippen molar-refractivity contribution < 1.29 is 28.6 Å². The highest BCUT2D eigenvalue weighted by Gasteiger charge is 2.19. The van der Waals surface area contributed by atoms with E-state index in [9.17, 15) is 14.4 Å². The predicted octanol–water partition coefficient (Wildman–Crippen LogP) is 14.5. The van der Waals surface area contributed by atoms with Gasteiger partial charge in [0, 0.05) is 19.3 Å². The van der Waals surface area contributed by atoms with E-state index < -0.39 is 6.10 Å². The van der Waals surface area contributed by atoms with Crippen molar-refractivity contribution in [3.63, 3.8) is 0 Å². The Morgan fingerprint density at radius 3 is 1.18 bits per heavy atom. The third-order valence-electron chi connectivity index (χ3n) is 9.11. The van der Waals surface area contributed by atoms with Gasteiger partial charge in [-0.15, -0.1) is 0 Å². The molecule has 0 spiro atoms. The Labute approximate surface area is 344 Å². The van der Waals surface area contributed by atoms with Crippen molar-refractivity contribution in [2.24, 2.45) is 0 Å².